The molecule has 0 spiro atoms. The van der Waals surface area contributed by atoms with Crippen molar-refractivity contribution in [3.05, 3.63) is 29.8 Å². The van der Waals surface area contributed by atoms with E-state index < -0.39 is 10.8 Å². The molecule has 0 aromatic heterocycles. The first-order valence-corrected chi connectivity index (χ1v) is 8.87. The first kappa shape index (κ1) is 17.5. The summed E-state index contributed by atoms with van der Waals surface area (Å²) in [6.45, 7) is 4.93. The van der Waals surface area contributed by atoms with E-state index >= 15 is 0 Å². The topological polar surface area (TPSA) is 67.4 Å². The van der Waals surface area contributed by atoms with Crippen molar-refractivity contribution in [2.75, 3.05) is 25.2 Å². The van der Waals surface area contributed by atoms with Gasteiger partial charge in [-0.15, -0.1) is 0 Å². The van der Waals surface area contributed by atoms with E-state index in [9.17, 15) is 9.00 Å². The van der Waals surface area contributed by atoms with Gasteiger partial charge in [-0.25, -0.2) is 4.79 Å². The summed E-state index contributed by atoms with van der Waals surface area (Å²) in [7, 11) is -0.901. The Hall–Kier alpha value is -1.56. The lowest BCUT2D eigenvalue weighted by Gasteiger charge is -2.20. The van der Waals surface area contributed by atoms with Crippen LogP contribution in [0.2, 0.25) is 0 Å². The molecule has 2 N–H and O–H groups in total. The van der Waals surface area contributed by atoms with Crippen LogP contribution in [0, 0.1) is 0 Å². The predicted octanol–water partition coefficient (Wildman–Crippen LogP) is 2.21. The molecule has 5 nitrogen and oxygen atoms in total. The van der Waals surface area contributed by atoms with Crippen molar-refractivity contribution in [2.45, 2.75) is 26.3 Å². The van der Waals surface area contributed by atoms with Gasteiger partial charge in [-0.05, 0) is 19.4 Å². The zero-order valence-corrected chi connectivity index (χ0v) is 13.7. The highest BCUT2D eigenvalue weighted by atomic mass is 32.2. The molecule has 1 aromatic rings. The molecule has 6 heteroatoms. The molecular weight excluding hydrogens is 288 g/mol. The van der Waals surface area contributed by atoms with Crippen molar-refractivity contribution in [3.8, 4) is 5.75 Å². The average Bonchev–Trinajstić information content (AvgIpc) is 2.45. The van der Waals surface area contributed by atoms with E-state index in [1.807, 2.05) is 38.1 Å². The van der Waals surface area contributed by atoms with Crippen LogP contribution in [-0.4, -0.2) is 35.4 Å². The zero-order valence-electron chi connectivity index (χ0n) is 12.8. The van der Waals surface area contributed by atoms with Gasteiger partial charge in [0.25, 0.3) is 0 Å². The number of rotatable bonds is 8. The second-order valence-electron chi connectivity index (χ2n) is 4.61. The maximum absolute atomic E-state index is 11.9. The van der Waals surface area contributed by atoms with Gasteiger partial charge in [0, 0.05) is 34.9 Å². The fraction of sp³-hybridized carbons (Fsp3) is 0.533. The Balaban J connectivity index is 2.66. The van der Waals surface area contributed by atoms with E-state index in [0.717, 1.165) is 17.7 Å². The number of carbonyl (C=O) groups excluding carboxylic acids is 1. The summed E-state index contributed by atoms with van der Waals surface area (Å²) < 4.78 is 16.6. The Kier molecular flexibility index (Phi) is 7.82. The van der Waals surface area contributed by atoms with Gasteiger partial charge in [-0.3, -0.25) is 4.21 Å². The molecule has 0 heterocycles. The number of hydrogen-bond donors (Lipinski definition) is 2. The lowest BCUT2D eigenvalue weighted by Crippen LogP contribution is -2.39. The average molecular weight is 312 g/mol. The van der Waals surface area contributed by atoms with E-state index in [2.05, 4.69) is 10.6 Å². The zero-order chi connectivity index (χ0) is 15.7. The summed E-state index contributed by atoms with van der Waals surface area (Å²) in [4.78, 5) is 11.9. The Morgan fingerprint density at radius 3 is 2.67 bits per heavy atom. The van der Waals surface area contributed by atoms with Crippen LogP contribution in [0.25, 0.3) is 0 Å². The maximum Gasteiger partial charge on any atom is 0.315 e. The highest BCUT2D eigenvalue weighted by Crippen LogP contribution is 2.27. The molecule has 0 unspecified atom stereocenters. The van der Waals surface area contributed by atoms with Crippen molar-refractivity contribution in [3.63, 3.8) is 0 Å². The number of urea groups is 1. The number of carbonyl (C=O) groups is 1. The Morgan fingerprint density at radius 2 is 2.05 bits per heavy atom. The quantitative estimate of drug-likeness (QED) is 0.773. The summed E-state index contributed by atoms with van der Waals surface area (Å²) in [5.41, 5.74) is 0.969. The van der Waals surface area contributed by atoms with E-state index in [1.165, 1.54) is 0 Å². The minimum Gasteiger partial charge on any atom is -0.494 e. The van der Waals surface area contributed by atoms with Gasteiger partial charge in [0.2, 0.25) is 0 Å². The fourth-order valence-corrected chi connectivity index (χ4v) is 2.36. The normalized spacial score (nSPS) is 13.3. The van der Waals surface area contributed by atoms with Gasteiger partial charge in [0.1, 0.15) is 5.75 Å². The lowest BCUT2D eigenvalue weighted by molar-refractivity contribution is 0.237. The molecule has 0 fully saturated rings. The van der Waals surface area contributed by atoms with Gasteiger partial charge >= 0.3 is 6.03 Å². The highest BCUT2D eigenvalue weighted by Gasteiger charge is 2.16. The van der Waals surface area contributed by atoms with Gasteiger partial charge in [-0.2, -0.15) is 0 Å². The van der Waals surface area contributed by atoms with Crippen molar-refractivity contribution in [1.29, 1.82) is 0 Å². The monoisotopic (exact) mass is 312 g/mol. The maximum atomic E-state index is 11.9. The number of hydrogen-bond acceptors (Lipinski definition) is 3. The standard InChI is InChI=1S/C15H24N2O3S/c1-4-13(17-15(18)16-10-11-21(3)19)12-8-6-7-9-14(12)20-5-2/h6-9,13H,4-5,10-11H2,1-3H3,(H2,16,17,18)/t13-,21+/m0/s1. The first-order valence-electron chi connectivity index (χ1n) is 7.14. The summed E-state index contributed by atoms with van der Waals surface area (Å²) in [5.74, 6) is 1.25. The Bertz CT molecular complexity index is 480. The van der Waals surface area contributed by atoms with Gasteiger partial charge in [0.15, 0.2) is 0 Å². The molecule has 0 bridgehead atoms. The minimum atomic E-state index is -0.901. The largest absolute Gasteiger partial charge is 0.494 e. The molecule has 2 amide bonds. The first-order chi connectivity index (χ1) is 10.1. The molecule has 0 aliphatic rings. The Morgan fingerprint density at radius 1 is 1.33 bits per heavy atom. The van der Waals surface area contributed by atoms with Crippen LogP contribution in [-0.2, 0) is 10.8 Å². The molecule has 0 aliphatic heterocycles. The van der Waals surface area contributed by atoms with Crippen LogP contribution in [0.3, 0.4) is 0 Å². The molecular formula is C15H24N2O3S. The molecule has 118 valence electrons. The summed E-state index contributed by atoms with van der Waals surface area (Å²) in [5, 5.41) is 5.64. The second kappa shape index (κ2) is 9.39. The summed E-state index contributed by atoms with van der Waals surface area (Å²) >= 11 is 0. The molecule has 21 heavy (non-hydrogen) atoms. The van der Waals surface area contributed by atoms with Crippen LogP contribution in [0.1, 0.15) is 31.9 Å². The number of amides is 2. The highest BCUT2D eigenvalue weighted by molar-refractivity contribution is 7.84. The van der Waals surface area contributed by atoms with Crippen LogP contribution in [0.15, 0.2) is 24.3 Å². The minimum absolute atomic E-state index is 0.111. The van der Waals surface area contributed by atoms with Crippen molar-refractivity contribution in [2.24, 2.45) is 0 Å². The van der Waals surface area contributed by atoms with E-state index in [1.54, 1.807) is 6.26 Å². The third-order valence-corrected chi connectivity index (χ3v) is 3.76. The molecule has 2 atom stereocenters. The molecule has 0 saturated heterocycles. The Labute approximate surface area is 128 Å². The summed E-state index contributed by atoms with van der Waals surface area (Å²) in [6.07, 6.45) is 2.38. The second-order valence-corrected chi connectivity index (χ2v) is 6.16. The van der Waals surface area contributed by atoms with Gasteiger partial charge < -0.3 is 15.4 Å². The molecule has 0 saturated carbocycles. The molecule has 1 aromatic carbocycles. The SMILES string of the molecule is CCOc1ccccc1[C@H](CC)NC(=O)NCC[S@@](C)=O. The number of benzene rings is 1. The molecule has 0 aliphatic carbocycles. The molecule has 1 rings (SSSR count). The number of nitrogens with one attached hydrogen (secondary N) is 2. The van der Waals surface area contributed by atoms with Crippen molar-refractivity contribution < 1.29 is 13.7 Å². The smallest absolute Gasteiger partial charge is 0.315 e. The van der Waals surface area contributed by atoms with Crippen molar-refractivity contribution >= 4 is 16.8 Å². The van der Waals surface area contributed by atoms with Crippen LogP contribution in [0.4, 0.5) is 4.79 Å². The van der Waals surface area contributed by atoms with Crippen LogP contribution < -0.4 is 15.4 Å². The third-order valence-electron chi connectivity index (χ3n) is 2.98. The predicted molar refractivity (Wildman–Crippen MR) is 86.1 cm³/mol. The van der Waals surface area contributed by atoms with E-state index in [-0.39, 0.29) is 12.1 Å². The van der Waals surface area contributed by atoms with E-state index in [4.69, 9.17) is 4.74 Å². The summed E-state index contributed by atoms with van der Waals surface area (Å²) in [6, 6.07) is 7.35. The van der Waals surface area contributed by atoms with Crippen LogP contribution >= 0.6 is 0 Å². The van der Waals surface area contributed by atoms with Gasteiger partial charge in [0.05, 0.1) is 12.6 Å². The van der Waals surface area contributed by atoms with E-state index in [0.29, 0.717) is 18.9 Å². The fourth-order valence-electron chi connectivity index (χ4n) is 1.97. The van der Waals surface area contributed by atoms with Gasteiger partial charge in [-0.1, -0.05) is 25.1 Å². The number of para-hydroxylation sites is 1. The lowest BCUT2D eigenvalue weighted by atomic mass is 10.0. The van der Waals surface area contributed by atoms with Crippen molar-refractivity contribution in [1.82, 2.24) is 10.6 Å². The third kappa shape index (κ3) is 6.16. The molecule has 0 radical (unpaired) electrons. The number of ether oxygens (including phenoxy) is 1. The van der Waals surface area contributed by atoms with Crippen LogP contribution in [0.5, 0.6) is 5.75 Å².